The third-order valence-corrected chi connectivity index (χ3v) is 6.41. The van der Waals surface area contributed by atoms with E-state index < -0.39 is 34.3 Å². The summed E-state index contributed by atoms with van der Waals surface area (Å²) in [5.41, 5.74) is 0.0104. The SMILES string of the molecule is COc1cccc(C2SC(c3ccc(Cl)cc3)=NN2C(=O)c2c(F)cc(F)cc2F)c1OCC#N. The Morgan fingerprint density at radius 1 is 1.17 bits per heavy atom. The number of rotatable bonds is 6. The molecular formula is C24H15ClF3N3O3S. The van der Waals surface area contributed by atoms with Crippen LogP contribution in [0.2, 0.25) is 5.02 Å². The first-order chi connectivity index (χ1) is 16.8. The van der Waals surface area contributed by atoms with E-state index in [9.17, 15) is 18.0 Å². The lowest BCUT2D eigenvalue weighted by Gasteiger charge is -2.24. The number of methoxy groups -OCH3 is 1. The second-order valence-electron chi connectivity index (χ2n) is 7.10. The Kier molecular flexibility index (Phi) is 7.19. The number of carbonyl (C=O) groups excluding carboxylic acids is 1. The topological polar surface area (TPSA) is 74.9 Å². The molecule has 11 heteroatoms. The number of nitrogens with zero attached hydrogens (tertiary/aromatic N) is 3. The van der Waals surface area contributed by atoms with Gasteiger partial charge >= 0.3 is 0 Å². The predicted molar refractivity (Wildman–Crippen MR) is 125 cm³/mol. The molecule has 0 spiro atoms. The molecule has 6 nitrogen and oxygen atoms in total. The van der Waals surface area contributed by atoms with E-state index in [0.29, 0.717) is 33.3 Å². The molecule has 1 aliphatic heterocycles. The number of hydrogen-bond acceptors (Lipinski definition) is 6. The molecule has 3 aromatic rings. The average molecular weight is 518 g/mol. The van der Waals surface area contributed by atoms with Crippen LogP contribution >= 0.6 is 23.4 Å². The molecule has 4 rings (SSSR count). The number of halogens is 4. The maximum absolute atomic E-state index is 14.5. The lowest BCUT2D eigenvalue weighted by molar-refractivity contribution is 0.0737. The van der Waals surface area contributed by atoms with Crippen molar-refractivity contribution in [2.75, 3.05) is 13.7 Å². The van der Waals surface area contributed by atoms with E-state index in [1.54, 1.807) is 42.5 Å². The molecule has 1 heterocycles. The Labute approximate surface area is 207 Å². The van der Waals surface area contributed by atoms with E-state index in [1.807, 2.05) is 6.07 Å². The quantitative estimate of drug-likeness (QED) is 0.406. The van der Waals surface area contributed by atoms with Crippen LogP contribution in [0.1, 0.15) is 26.9 Å². The van der Waals surface area contributed by atoms with Crippen molar-refractivity contribution in [3.8, 4) is 17.6 Å². The smallest absolute Gasteiger partial charge is 0.281 e. The van der Waals surface area contributed by atoms with Gasteiger partial charge in [-0.2, -0.15) is 10.4 Å². The van der Waals surface area contributed by atoms with Crippen LogP contribution in [0.15, 0.2) is 59.7 Å². The fourth-order valence-corrected chi connectivity index (χ4v) is 4.70. The van der Waals surface area contributed by atoms with E-state index in [2.05, 4.69) is 5.10 Å². The summed E-state index contributed by atoms with van der Waals surface area (Å²) >= 11 is 7.08. The molecule has 0 radical (unpaired) electrons. The molecule has 0 saturated carbocycles. The summed E-state index contributed by atoms with van der Waals surface area (Å²) in [6, 6.07) is 14.2. The zero-order valence-corrected chi connectivity index (χ0v) is 19.5. The molecule has 178 valence electrons. The highest BCUT2D eigenvalue weighted by Crippen LogP contribution is 2.47. The Balaban J connectivity index is 1.84. The summed E-state index contributed by atoms with van der Waals surface area (Å²) in [5, 5.41) is 14.1. The summed E-state index contributed by atoms with van der Waals surface area (Å²) < 4.78 is 53.4. The van der Waals surface area contributed by atoms with Gasteiger partial charge in [-0.1, -0.05) is 47.6 Å². The van der Waals surface area contributed by atoms with Crippen LogP contribution in [0, 0.1) is 28.8 Å². The van der Waals surface area contributed by atoms with Gasteiger partial charge < -0.3 is 9.47 Å². The Morgan fingerprint density at radius 2 is 1.86 bits per heavy atom. The van der Waals surface area contributed by atoms with E-state index in [-0.39, 0.29) is 18.1 Å². The first-order valence-electron chi connectivity index (χ1n) is 10.00. The van der Waals surface area contributed by atoms with Gasteiger partial charge in [0.15, 0.2) is 18.1 Å². The summed E-state index contributed by atoms with van der Waals surface area (Å²) in [5.74, 6) is -4.56. The maximum Gasteiger partial charge on any atom is 0.281 e. The summed E-state index contributed by atoms with van der Waals surface area (Å²) in [6.45, 7) is -0.315. The van der Waals surface area contributed by atoms with E-state index >= 15 is 0 Å². The second kappa shape index (κ2) is 10.3. The fraction of sp³-hybridized carbons (Fsp3) is 0.125. The summed E-state index contributed by atoms with van der Waals surface area (Å²) in [7, 11) is 1.40. The van der Waals surface area contributed by atoms with Crippen LogP contribution in [0.5, 0.6) is 11.5 Å². The van der Waals surface area contributed by atoms with Crippen molar-refractivity contribution in [3.05, 3.63) is 93.8 Å². The van der Waals surface area contributed by atoms with Crippen LogP contribution < -0.4 is 9.47 Å². The molecule has 0 fully saturated rings. The molecule has 35 heavy (non-hydrogen) atoms. The first kappa shape index (κ1) is 24.4. The number of amides is 1. The van der Waals surface area contributed by atoms with Crippen molar-refractivity contribution in [1.29, 1.82) is 5.26 Å². The van der Waals surface area contributed by atoms with Gasteiger partial charge in [0.25, 0.3) is 5.91 Å². The van der Waals surface area contributed by atoms with Crippen LogP contribution in [0.25, 0.3) is 0 Å². The van der Waals surface area contributed by atoms with Gasteiger partial charge in [-0.15, -0.1) is 0 Å². The fourth-order valence-electron chi connectivity index (χ4n) is 3.40. The van der Waals surface area contributed by atoms with Gasteiger partial charge in [-0.3, -0.25) is 4.79 Å². The third-order valence-electron chi connectivity index (χ3n) is 4.94. The van der Waals surface area contributed by atoms with Gasteiger partial charge in [-0.05, 0) is 18.2 Å². The van der Waals surface area contributed by atoms with Gasteiger partial charge in [-0.25, -0.2) is 18.2 Å². The number of benzene rings is 3. The normalized spacial score (nSPS) is 14.9. The molecule has 0 N–H and O–H groups in total. The second-order valence-corrected chi connectivity index (χ2v) is 8.61. The minimum absolute atomic E-state index is 0.166. The van der Waals surface area contributed by atoms with Crippen LogP contribution in [0.3, 0.4) is 0 Å². The van der Waals surface area contributed by atoms with Crippen LogP contribution in [-0.2, 0) is 0 Å². The van der Waals surface area contributed by atoms with Crippen molar-refractivity contribution in [1.82, 2.24) is 5.01 Å². The standard InChI is InChI=1S/C24H15ClF3N3O3S/c1-33-19-4-2-3-16(21(19)34-10-9-29)24-31(23(32)20-17(27)11-15(26)12-18(20)28)30-22(35-24)13-5-7-14(25)8-6-13/h2-8,11-12,24H,10H2,1H3. The Bertz CT molecular complexity index is 1340. The number of thioether (sulfide) groups is 1. The summed E-state index contributed by atoms with van der Waals surface area (Å²) in [4.78, 5) is 13.4. The molecule has 0 saturated heterocycles. The first-order valence-corrected chi connectivity index (χ1v) is 11.3. The highest BCUT2D eigenvalue weighted by molar-refractivity contribution is 8.14. The third kappa shape index (κ3) is 4.92. The van der Waals surface area contributed by atoms with Gasteiger partial charge in [0, 0.05) is 28.3 Å². The zero-order chi connectivity index (χ0) is 25.1. The molecule has 0 aliphatic carbocycles. The number of hydrazone groups is 1. The summed E-state index contributed by atoms with van der Waals surface area (Å²) in [6.07, 6.45) is 0. The molecule has 3 aromatic carbocycles. The highest BCUT2D eigenvalue weighted by atomic mass is 35.5. The monoisotopic (exact) mass is 517 g/mol. The lowest BCUT2D eigenvalue weighted by Crippen LogP contribution is -2.28. The molecule has 1 amide bonds. The lowest BCUT2D eigenvalue weighted by atomic mass is 10.1. The van der Waals surface area contributed by atoms with E-state index in [0.717, 1.165) is 16.8 Å². The predicted octanol–water partition coefficient (Wildman–Crippen LogP) is 5.92. The minimum atomic E-state index is -1.36. The van der Waals surface area contributed by atoms with Gasteiger partial charge in [0.05, 0.1) is 7.11 Å². The Morgan fingerprint density at radius 3 is 2.49 bits per heavy atom. The number of carbonyl (C=O) groups is 1. The van der Waals surface area contributed by atoms with Gasteiger partial charge in [0.1, 0.15) is 39.5 Å². The largest absolute Gasteiger partial charge is 0.493 e. The van der Waals surface area contributed by atoms with Crippen molar-refractivity contribution in [2.45, 2.75) is 5.37 Å². The van der Waals surface area contributed by atoms with Crippen molar-refractivity contribution >= 4 is 34.3 Å². The van der Waals surface area contributed by atoms with E-state index in [1.165, 1.54) is 7.11 Å². The van der Waals surface area contributed by atoms with Crippen molar-refractivity contribution in [3.63, 3.8) is 0 Å². The molecular weight excluding hydrogens is 503 g/mol. The maximum atomic E-state index is 14.5. The molecule has 1 aliphatic rings. The van der Waals surface area contributed by atoms with Crippen LogP contribution in [-0.4, -0.2) is 29.7 Å². The minimum Gasteiger partial charge on any atom is -0.493 e. The number of ether oxygens (including phenoxy) is 2. The number of para-hydroxylation sites is 1. The van der Waals surface area contributed by atoms with Crippen molar-refractivity contribution in [2.24, 2.45) is 5.10 Å². The zero-order valence-electron chi connectivity index (χ0n) is 18.0. The molecule has 0 aromatic heterocycles. The molecule has 1 atom stereocenters. The molecule has 1 unspecified atom stereocenters. The molecule has 0 bridgehead atoms. The van der Waals surface area contributed by atoms with Crippen molar-refractivity contribution < 1.29 is 27.4 Å². The number of nitriles is 1. The average Bonchev–Trinajstić information content (AvgIpc) is 3.27. The Hall–Kier alpha value is -3.68. The number of hydrogen-bond donors (Lipinski definition) is 0. The highest BCUT2D eigenvalue weighted by Gasteiger charge is 2.39. The van der Waals surface area contributed by atoms with Gasteiger partial charge in [0.2, 0.25) is 0 Å². The van der Waals surface area contributed by atoms with E-state index in [4.69, 9.17) is 26.3 Å². The van der Waals surface area contributed by atoms with Crippen LogP contribution in [0.4, 0.5) is 13.2 Å².